The average molecular weight is 663 g/mol. The summed E-state index contributed by atoms with van der Waals surface area (Å²) in [5, 5.41) is 14.0. The van der Waals surface area contributed by atoms with Crippen LogP contribution in [0.25, 0.3) is 49.3 Å². The molecule has 228 valence electrons. The van der Waals surface area contributed by atoms with Gasteiger partial charge in [-0.05, 0) is 85.4 Å². The van der Waals surface area contributed by atoms with Gasteiger partial charge in [-0.15, -0.1) is 0 Å². The Balaban J connectivity index is 1.86. The van der Waals surface area contributed by atoms with Crippen LogP contribution in [0.15, 0.2) is 62.3 Å². The van der Waals surface area contributed by atoms with Crippen molar-refractivity contribution < 1.29 is 33.2 Å². The van der Waals surface area contributed by atoms with Crippen LogP contribution in [0.3, 0.4) is 0 Å². The van der Waals surface area contributed by atoms with Gasteiger partial charge in [-0.2, -0.15) is 0 Å². The molecule has 6 aromatic rings. The summed E-state index contributed by atoms with van der Waals surface area (Å²) in [6.45, 7) is 7.72. The predicted octanol–water partition coefficient (Wildman–Crippen LogP) is 8.09. The summed E-state index contributed by atoms with van der Waals surface area (Å²) in [7, 11) is 4.65. The molecule has 0 bridgehead atoms. The Hall–Kier alpha value is -4.57. The summed E-state index contributed by atoms with van der Waals surface area (Å²) in [5.41, 5.74) is 2.16. The van der Waals surface area contributed by atoms with Gasteiger partial charge in [0.15, 0.2) is 34.5 Å². The first kappa shape index (κ1) is 29.5. The molecule has 0 saturated heterocycles. The van der Waals surface area contributed by atoms with Gasteiger partial charge in [-0.1, -0.05) is 0 Å². The molecular formula is C34H32BrNO8. The van der Waals surface area contributed by atoms with E-state index < -0.39 is 5.63 Å². The Morgan fingerprint density at radius 2 is 1.39 bits per heavy atom. The van der Waals surface area contributed by atoms with Crippen LogP contribution < -0.4 is 29.3 Å². The topological polar surface area (TPSA) is 101 Å². The monoisotopic (exact) mass is 661 g/mol. The van der Waals surface area contributed by atoms with E-state index in [1.54, 1.807) is 26.4 Å². The number of benzene rings is 3. The van der Waals surface area contributed by atoms with Crippen LogP contribution >= 0.6 is 15.9 Å². The Morgan fingerprint density at radius 1 is 0.773 bits per heavy atom. The zero-order valence-corrected chi connectivity index (χ0v) is 27.0. The van der Waals surface area contributed by atoms with Crippen LogP contribution in [-0.4, -0.2) is 43.0 Å². The molecule has 0 spiro atoms. The van der Waals surface area contributed by atoms with Crippen molar-refractivity contribution in [1.29, 1.82) is 0 Å². The standard InChI is InChI=1S/C34H32BrNO8/c1-16(2)42-26-12-18-10-11-36-31(20(18)13-24(26)40-6)28(19-8-9-22(39-5)33(37)30(19)35)29-21-14-25(41-7)27(43-17(3)4)15-23(21)44-34(38)32(29)36/h8-17,37H,1-7H3. The van der Waals surface area contributed by atoms with Crippen LogP contribution in [0.2, 0.25) is 0 Å². The fourth-order valence-electron chi connectivity index (χ4n) is 5.69. The molecule has 44 heavy (non-hydrogen) atoms. The highest BCUT2D eigenvalue weighted by atomic mass is 79.9. The highest BCUT2D eigenvalue weighted by molar-refractivity contribution is 9.10. The van der Waals surface area contributed by atoms with Crippen LogP contribution in [0.5, 0.6) is 34.5 Å². The molecule has 3 aromatic heterocycles. The second-order valence-electron chi connectivity index (χ2n) is 10.9. The number of ether oxygens (including phenoxy) is 5. The Morgan fingerprint density at radius 3 is 2.00 bits per heavy atom. The zero-order valence-electron chi connectivity index (χ0n) is 25.4. The van der Waals surface area contributed by atoms with E-state index in [1.807, 2.05) is 68.6 Å². The molecule has 3 aromatic carbocycles. The fourth-order valence-corrected chi connectivity index (χ4v) is 6.21. The van der Waals surface area contributed by atoms with Gasteiger partial charge in [0.05, 0.1) is 43.5 Å². The number of hydrogen-bond donors (Lipinski definition) is 1. The van der Waals surface area contributed by atoms with Gasteiger partial charge in [0.25, 0.3) is 0 Å². The summed E-state index contributed by atoms with van der Waals surface area (Å²) in [6, 6.07) is 12.8. The molecule has 6 rings (SSSR count). The molecule has 0 fully saturated rings. The van der Waals surface area contributed by atoms with Crippen LogP contribution in [-0.2, 0) is 0 Å². The van der Waals surface area contributed by atoms with Crippen molar-refractivity contribution in [2.24, 2.45) is 0 Å². The van der Waals surface area contributed by atoms with Gasteiger partial charge in [-0.3, -0.25) is 0 Å². The molecular weight excluding hydrogens is 630 g/mol. The average Bonchev–Trinajstić information content (AvgIpc) is 3.33. The highest BCUT2D eigenvalue weighted by Gasteiger charge is 2.27. The molecule has 9 nitrogen and oxygen atoms in total. The van der Waals surface area contributed by atoms with Crippen molar-refractivity contribution in [2.45, 2.75) is 39.9 Å². The van der Waals surface area contributed by atoms with Crippen LogP contribution in [0.1, 0.15) is 27.7 Å². The minimum absolute atomic E-state index is 0.0645. The van der Waals surface area contributed by atoms with E-state index in [2.05, 4.69) is 15.9 Å². The second kappa shape index (κ2) is 11.2. The van der Waals surface area contributed by atoms with Gasteiger partial charge >= 0.3 is 5.63 Å². The van der Waals surface area contributed by atoms with Gasteiger partial charge in [0, 0.05) is 39.5 Å². The number of phenols is 1. The van der Waals surface area contributed by atoms with Crippen LogP contribution in [0, 0.1) is 0 Å². The number of aromatic hydroxyl groups is 1. The molecule has 0 aliphatic rings. The third-order valence-corrected chi connectivity index (χ3v) is 8.23. The summed E-state index contributed by atoms with van der Waals surface area (Å²) in [4.78, 5) is 13.8. The largest absolute Gasteiger partial charge is 0.503 e. The van der Waals surface area contributed by atoms with Crippen molar-refractivity contribution in [3.63, 3.8) is 0 Å². The van der Waals surface area contributed by atoms with E-state index in [0.29, 0.717) is 71.7 Å². The first-order valence-electron chi connectivity index (χ1n) is 14.1. The van der Waals surface area contributed by atoms with E-state index in [-0.39, 0.29) is 18.0 Å². The normalized spacial score (nSPS) is 11.8. The number of nitrogens with zero attached hydrogens (tertiary/aromatic N) is 1. The van der Waals surface area contributed by atoms with E-state index in [1.165, 1.54) is 7.11 Å². The van der Waals surface area contributed by atoms with Gasteiger partial charge in [-0.25, -0.2) is 4.79 Å². The van der Waals surface area contributed by atoms with Crippen molar-refractivity contribution in [3.8, 4) is 45.6 Å². The molecule has 0 atom stereocenters. The Bertz CT molecular complexity index is 2140. The molecule has 0 radical (unpaired) electrons. The van der Waals surface area contributed by atoms with E-state index >= 15 is 0 Å². The maximum Gasteiger partial charge on any atom is 0.361 e. The number of pyridine rings is 1. The summed E-state index contributed by atoms with van der Waals surface area (Å²) in [5.74, 6) is 2.33. The number of phenolic OH excluding ortho intramolecular Hbond substituents is 1. The summed E-state index contributed by atoms with van der Waals surface area (Å²) < 4.78 is 37.0. The predicted molar refractivity (Wildman–Crippen MR) is 174 cm³/mol. The third-order valence-electron chi connectivity index (χ3n) is 7.42. The molecule has 0 saturated carbocycles. The minimum Gasteiger partial charge on any atom is -0.503 e. The third kappa shape index (κ3) is 4.64. The lowest BCUT2D eigenvalue weighted by atomic mass is 9.97. The van der Waals surface area contributed by atoms with E-state index in [9.17, 15) is 9.90 Å². The number of fused-ring (bicyclic) bond motifs is 7. The van der Waals surface area contributed by atoms with Crippen molar-refractivity contribution in [3.05, 3.63) is 63.6 Å². The number of methoxy groups -OCH3 is 3. The Kier molecular flexibility index (Phi) is 7.49. The van der Waals surface area contributed by atoms with Crippen molar-refractivity contribution >= 4 is 54.1 Å². The first-order valence-corrected chi connectivity index (χ1v) is 14.9. The fraction of sp³-hybridized carbons (Fsp3) is 0.265. The molecule has 3 heterocycles. The molecule has 0 amide bonds. The summed E-state index contributed by atoms with van der Waals surface area (Å²) in [6.07, 6.45) is 1.64. The van der Waals surface area contributed by atoms with E-state index in [4.69, 9.17) is 28.1 Å². The van der Waals surface area contributed by atoms with Gasteiger partial charge in [0.2, 0.25) is 0 Å². The molecule has 1 N–H and O–H groups in total. The van der Waals surface area contributed by atoms with Gasteiger partial charge < -0.3 is 37.6 Å². The van der Waals surface area contributed by atoms with Gasteiger partial charge in [0.1, 0.15) is 11.1 Å². The number of aromatic nitrogens is 1. The number of hydrogen-bond acceptors (Lipinski definition) is 8. The van der Waals surface area contributed by atoms with Crippen molar-refractivity contribution in [2.75, 3.05) is 21.3 Å². The quantitative estimate of drug-likeness (QED) is 0.163. The maximum absolute atomic E-state index is 13.8. The number of halogens is 1. The Labute approximate surface area is 261 Å². The first-order chi connectivity index (χ1) is 21.1. The number of rotatable bonds is 8. The molecule has 0 unspecified atom stereocenters. The van der Waals surface area contributed by atoms with Crippen LogP contribution in [0.4, 0.5) is 0 Å². The zero-order chi connectivity index (χ0) is 31.4. The molecule has 0 aliphatic carbocycles. The highest BCUT2D eigenvalue weighted by Crippen LogP contribution is 2.49. The summed E-state index contributed by atoms with van der Waals surface area (Å²) >= 11 is 3.61. The van der Waals surface area contributed by atoms with E-state index in [0.717, 1.165) is 10.8 Å². The lowest BCUT2D eigenvalue weighted by Gasteiger charge is -2.16. The minimum atomic E-state index is -0.533. The lowest BCUT2D eigenvalue weighted by molar-refractivity contribution is 0.230. The van der Waals surface area contributed by atoms with Crippen molar-refractivity contribution in [1.82, 2.24) is 4.40 Å². The lowest BCUT2D eigenvalue weighted by Crippen LogP contribution is -2.07. The smallest absolute Gasteiger partial charge is 0.361 e. The molecule has 10 heteroatoms. The SMILES string of the molecule is COc1cc2c(ccn3c2c(-c2ccc(OC)c(O)c2Br)c2c4cc(OC)c(OC(C)C)cc4oc(=O)c23)cc1OC(C)C. The maximum atomic E-state index is 13.8. The second-order valence-corrected chi connectivity index (χ2v) is 11.7. The molecule has 0 aliphatic heterocycles.